The molecule has 148 valence electrons. The van der Waals surface area contributed by atoms with E-state index in [-0.39, 0.29) is 10.8 Å². The Labute approximate surface area is 166 Å². The third-order valence-electron chi connectivity index (χ3n) is 5.01. The fourth-order valence-electron chi connectivity index (χ4n) is 3.07. The maximum absolute atomic E-state index is 3.53. The number of anilines is 2. The molecular weight excluding hydrogens is 328 g/mol. The zero-order chi connectivity index (χ0) is 19.9. The van der Waals surface area contributed by atoms with Crippen LogP contribution in [-0.4, -0.2) is 13.1 Å². The van der Waals surface area contributed by atoms with E-state index in [4.69, 9.17) is 0 Å². The summed E-state index contributed by atoms with van der Waals surface area (Å²) in [4.78, 5) is 0. The topological polar surface area (TPSA) is 24.1 Å². The Bertz CT molecular complexity index is 609. The molecule has 0 amide bonds. The Morgan fingerprint density at radius 1 is 0.519 bits per heavy atom. The standard InChI is InChI=1S/C25H38N2/c1-24(2,3)20-10-14-22(15-11-20)26-18-8-7-9-19-27-23-16-12-21(13-17-23)25(4,5)6/h10-17,26-27H,7-9,18-19H2,1-6H3. The minimum atomic E-state index is 0.221. The van der Waals surface area contributed by atoms with Gasteiger partial charge in [0.15, 0.2) is 0 Å². The molecule has 2 nitrogen and oxygen atoms in total. The summed E-state index contributed by atoms with van der Waals surface area (Å²) >= 11 is 0. The first-order chi connectivity index (χ1) is 12.7. The Hall–Kier alpha value is -1.96. The third kappa shape index (κ3) is 7.28. The van der Waals surface area contributed by atoms with E-state index in [1.54, 1.807) is 0 Å². The maximum Gasteiger partial charge on any atom is 0.0340 e. The molecule has 0 atom stereocenters. The number of hydrogen-bond acceptors (Lipinski definition) is 2. The lowest BCUT2D eigenvalue weighted by Gasteiger charge is -2.19. The lowest BCUT2D eigenvalue weighted by molar-refractivity contribution is 0.590. The first-order valence-corrected chi connectivity index (χ1v) is 10.3. The normalized spacial score (nSPS) is 12.1. The van der Waals surface area contributed by atoms with Crippen molar-refractivity contribution >= 4 is 11.4 Å². The Morgan fingerprint density at radius 2 is 0.852 bits per heavy atom. The largest absolute Gasteiger partial charge is 0.385 e. The molecule has 0 heterocycles. The molecule has 2 rings (SSSR count). The van der Waals surface area contributed by atoms with E-state index in [2.05, 4.69) is 101 Å². The predicted molar refractivity (Wildman–Crippen MR) is 121 cm³/mol. The molecule has 2 aromatic carbocycles. The minimum Gasteiger partial charge on any atom is -0.385 e. The van der Waals surface area contributed by atoms with Gasteiger partial charge in [0.2, 0.25) is 0 Å². The monoisotopic (exact) mass is 366 g/mol. The van der Waals surface area contributed by atoms with E-state index >= 15 is 0 Å². The number of benzene rings is 2. The zero-order valence-corrected chi connectivity index (χ0v) is 18.2. The van der Waals surface area contributed by atoms with E-state index in [0.29, 0.717) is 0 Å². The van der Waals surface area contributed by atoms with Crippen LogP contribution in [0.2, 0.25) is 0 Å². The molecule has 0 unspecified atom stereocenters. The molecule has 0 aliphatic carbocycles. The molecule has 0 radical (unpaired) electrons. The van der Waals surface area contributed by atoms with Gasteiger partial charge in [-0.2, -0.15) is 0 Å². The number of hydrogen-bond donors (Lipinski definition) is 2. The summed E-state index contributed by atoms with van der Waals surface area (Å²) < 4.78 is 0. The highest BCUT2D eigenvalue weighted by Crippen LogP contribution is 2.24. The van der Waals surface area contributed by atoms with Crippen molar-refractivity contribution in [2.45, 2.75) is 71.6 Å². The lowest BCUT2D eigenvalue weighted by atomic mass is 9.87. The average molecular weight is 367 g/mol. The van der Waals surface area contributed by atoms with Crippen molar-refractivity contribution in [2.24, 2.45) is 0 Å². The third-order valence-corrected chi connectivity index (χ3v) is 5.01. The molecule has 0 aromatic heterocycles. The van der Waals surface area contributed by atoms with E-state index in [0.717, 1.165) is 13.1 Å². The lowest BCUT2D eigenvalue weighted by Crippen LogP contribution is -2.11. The van der Waals surface area contributed by atoms with Gasteiger partial charge in [0, 0.05) is 24.5 Å². The molecule has 2 N–H and O–H groups in total. The minimum absolute atomic E-state index is 0.221. The Balaban J connectivity index is 1.60. The number of rotatable bonds is 8. The fourth-order valence-corrected chi connectivity index (χ4v) is 3.07. The second kappa shape index (κ2) is 9.30. The van der Waals surface area contributed by atoms with Crippen molar-refractivity contribution in [2.75, 3.05) is 23.7 Å². The molecule has 27 heavy (non-hydrogen) atoms. The summed E-state index contributed by atoms with van der Waals surface area (Å²) in [6.07, 6.45) is 3.64. The molecule has 0 aliphatic rings. The first-order valence-electron chi connectivity index (χ1n) is 10.3. The summed E-state index contributed by atoms with van der Waals surface area (Å²) in [6.45, 7) is 15.6. The van der Waals surface area contributed by atoms with Crippen LogP contribution in [0, 0.1) is 0 Å². The van der Waals surface area contributed by atoms with Gasteiger partial charge in [-0.05, 0) is 65.5 Å². The van der Waals surface area contributed by atoms with E-state index in [1.807, 2.05) is 0 Å². The zero-order valence-electron chi connectivity index (χ0n) is 18.2. The van der Waals surface area contributed by atoms with Crippen LogP contribution in [0.5, 0.6) is 0 Å². The fraction of sp³-hybridized carbons (Fsp3) is 0.520. The predicted octanol–water partition coefficient (Wildman–Crippen LogP) is 6.98. The molecule has 2 aromatic rings. The summed E-state index contributed by atoms with van der Waals surface area (Å²) in [5.74, 6) is 0. The summed E-state index contributed by atoms with van der Waals surface area (Å²) in [5, 5.41) is 7.06. The maximum atomic E-state index is 3.53. The molecular formula is C25H38N2. The van der Waals surface area contributed by atoms with Gasteiger partial charge in [0.05, 0.1) is 0 Å². The Morgan fingerprint density at radius 3 is 1.15 bits per heavy atom. The van der Waals surface area contributed by atoms with Crippen molar-refractivity contribution in [3.63, 3.8) is 0 Å². The molecule has 0 bridgehead atoms. The molecule has 0 aliphatic heterocycles. The summed E-state index contributed by atoms with van der Waals surface area (Å²) in [7, 11) is 0. The number of nitrogens with one attached hydrogen (secondary N) is 2. The van der Waals surface area contributed by atoms with Crippen LogP contribution in [0.4, 0.5) is 11.4 Å². The molecule has 2 heteroatoms. The first kappa shape index (κ1) is 21.3. The average Bonchev–Trinajstić information content (AvgIpc) is 2.60. The van der Waals surface area contributed by atoms with E-state index < -0.39 is 0 Å². The molecule has 0 saturated carbocycles. The quantitative estimate of drug-likeness (QED) is 0.493. The highest BCUT2D eigenvalue weighted by atomic mass is 14.9. The van der Waals surface area contributed by atoms with Crippen LogP contribution in [0.25, 0.3) is 0 Å². The van der Waals surface area contributed by atoms with Crippen LogP contribution in [0.15, 0.2) is 48.5 Å². The van der Waals surface area contributed by atoms with Gasteiger partial charge >= 0.3 is 0 Å². The van der Waals surface area contributed by atoms with Gasteiger partial charge in [-0.25, -0.2) is 0 Å². The van der Waals surface area contributed by atoms with Crippen molar-refractivity contribution in [3.8, 4) is 0 Å². The molecule has 0 saturated heterocycles. The van der Waals surface area contributed by atoms with Crippen LogP contribution in [-0.2, 0) is 10.8 Å². The van der Waals surface area contributed by atoms with Crippen LogP contribution < -0.4 is 10.6 Å². The van der Waals surface area contributed by atoms with Crippen LogP contribution >= 0.6 is 0 Å². The summed E-state index contributed by atoms with van der Waals surface area (Å²) in [6, 6.07) is 17.7. The highest BCUT2D eigenvalue weighted by molar-refractivity contribution is 5.46. The summed E-state index contributed by atoms with van der Waals surface area (Å²) in [5.41, 5.74) is 5.65. The smallest absolute Gasteiger partial charge is 0.0340 e. The van der Waals surface area contributed by atoms with Crippen LogP contribution in [0.1, 0.15) is 71.9 Å². The SMILES string of the molecule is CC(C)(C)c1ccc(NCCCCCNc2ccc(C(C)(C)C)cc2)cc1. The van der Waals surface area contributed by atoms with Crippen molar-refractivity contribution in [1.29, 1.82) is 0 Å². The Kier molecular flexibility index (Phi) is 7.35. The van der Waals surface area contributed by atoms with Crippen molar-refractivity contribution < 1.29 is 0 Å². The molecule has 0 spiro atoms. The van der Waals surface area contributed by atoms with Gasteiger partial charge < -0.3 is 10.6 Å². The van der Waals surface area contributed by atoms with Gasteiger partial charge in [0.1, 0.15) is 0 Å². The molecule has 0 fully saturated rings. The van der Waals surface area contributed by atoms with Gasteiger partial charge in [-0.15, -0.1) is 0 Å². The van der Waals surface area contributed by atoms with Crippen molar-refractivity contribution in [3.05, 3.63) is 59.7 Å². The highest BCUT2D eigenvalue weighted by Gasteiger charge is 2.13. The van der Waals surface area contributed by atoms with Crippen LogP contribution in [0.3, 0.4) is 0 Å². The second-order valence-electron chi connectivity index (χ2n) is 9.57. The van der Waals surface area contributed by atoms with Gasteiger partial charge in [-0.3, -0.25) is 0 Å². The number of unbranched alkanes of at least 4 members (excludes halogenated alkanes) is 2. The van der Waals surface area contributed by atoms with E-state index in [1.165, 1.54) is 41.8 Å². The van der Waals surface area contributed by atoms with E-state index in [9.17, 15) is 0 Å². The van der Waals surface area contributed by atoms with Gasteiger partial charge in [-0.1, -0.05) is 65.8 Å². The van der Waals surface area contributed by atoms with Gasteiger partial charge in [0.25, 0.3) is 0 Å². The van der Waals surface area contributed by atoms with Crippen molar-refractivity contribution in [1.82, 2.24) is 0 Å². The second-order valence-corrected chi connectivity index (χ2v) is 9.57.